The molecule has 6 nitrogen and oxygen atoms in total. The van der Waals surface area contributed by atoms with Gasteiger partial charge in [-0.15, -0.1) is 0 Å². The molecular weight excluding hydrogens is 366 g/mol. The van der Waals surface area contributed by atoms with Crippen LogP contribution in [-0.4, -0.2) is 20.2 Å². The number of phenols is 2. The molecule has 0 bridgehead atoms. The second kappa shape index (κ2) is 6.66. The monoisotopic (exact) mass is 379 g/mol. The third-order valence-electron chi connectivity index (χ3n) is 4.04. The molecular formula is C20H14ClN3O3. The van der Waals surface area contributed by atoms with Gasteiger partial charge in [0.2, 0.25) is 5.95 Å². The van der Waals surface area contributed by atoms with Crippen LogP contribution in [0, 0.1) is 0 Å². The third kappa shape index (κ3) is 3.30. The molecule has 134 valence electrons. The van der Waals surface area contributed by atoms with E-state index in [9.17, 15) is 10.2 Å². The van der Waals surface area contributed by atoms with Crippen LogP contribution in [0.2, 0.25) is 5.02 Å². The standard InChI is InChI=1S/C20H14ClN3O3/c21-15-6-3-12(9-17(15)26)19-14(16-7-8-23-20(22)24-16)10-18(27-19)11-1-4-13(25)5-2-11/h1-10,25-26H,(H2,22,23,24). The van der Waals surface area contributed by atoms with Crippen LogP contribution in [-0.2, 0) is 0 Å². The van der Waals surface area contributed by atoms with Crippen molar-refractivity contribution in [1.82, 2.24) is 9.97 Å². The minimum atomic E-state index is -0.0510. The molecule has 0 unspecified atom stereocenters. The van der Waals surface area contributed by atoms with E-state index in [2.05, 4.69) is 9.97 Å². The van der Waals surface area contributed by atoms with Gasteiger partial charge in [0.15, 0.2) is 0 Å². The van der Waals surface area contributed by atoms with Gasteiger partial charge in [-0.25, -0.2) is 9.97 Å². The second-order valence-corrected chi connectivity index (χ2v) is 6.27. The van der Waals surface area contributed by atoms with Crippen LogP contribution < -0.4 is 5.73 Å². The number of anilines is 1. The highest BCUT2D eigenvalue weighted by Crippen LogP contribution is 2.40. The number of hydrogen-bond donors (Lipinski definition) is 3. The predicted molar refractivity (Wildman–Crippen MR) is 103 cm³/mol. The molecule has 0 aliphatic heterocycles. The van der Waals surface area contributed by atoms with Crippen molar-refractivity contribution in [1.29, 1.82) is 0 Å². The highest BCUT2D eigenvalue weighted by Gasteiger charge is 2.18. The van der Waals surface area contributed by atoms with Crippen molar-refractivity contribution in [2.24, 2.45) is 0 Å². The maximum atomic E-state index is 9.97. The minimum Gasteiger partial charge on any atom is -0.508 e. The summed E-state index contributed by atoms with van der Waals surface area (Å²) in [6, 6.07) is 15.1. The molecule has 2 heterocycles. The smallest absolute Gasteiger partial charge is 0.220 e. The molecule has 4 aromatic rings. The van der Waals surface area contributed by atoms with Crippen molar-refractivity contribution in [3.63, 3.8) is 0 Å². The van der Waals surface area contributed by atoms with E-state index in [1.54, 1.807) is 48.7 Å². The summed E-state index contributed by atoms with van der Waals surface area (Å²) in [6.45, 7) is 0. The molecule has 0 saturated heterocycles. The first kappa shape index (κ1) is 16.9. The lowest BCUT2D eigenvalue weighted by molar-refractivity contribution is 0.474. The number of aromatic nitrogens is 2. The highest BCUT2D eigenvalue weighted by atomic mass is 35.5. The fraction of sp³-hybridized carbons (Fsp3) is 0. The quantitative estimate of drug-likeness (QED) is 0.475. The first-order valence-corrected chi connectivity index (χ1v) is 8.40. The van der Waals surface area contributed by atoms with Crippen molar-refractivity contribution in [3.05, 3.63) is 65.8 Å². The lowest BCUT2D eigenvalue weighted by Gasteiger charge is -2.04. The molecule has 2 aromatic carbocycles. The van der Waals surface area contributed by atoms with Crippen molar-refractivity contribution < 1.29 is 14.6 Å². The van der Waals surface area contributed by atoms with Crippen molar-refractivity contribution in [2.45, 2.75) is 0 Å². The molecule has 0 aliphatic rings. The lowest BCUT2D eigenvalue weighted by Crippen LogP contribution is -1.95. The van der Waals surface area contributed by atoms with Crippen LogP contribution >= 0.6 is 11.6 Å². The van der Waals surface area contributed by atoms with Gasteiger partial charge >= 0.3 is 0 Å². The van der Waals surface area contributed by atoms with Crippen molar-refractivity contribution in [2.75, 3.05) is 5.73 Å². The molecule has 4 N–H and O–H groups in total. The SMILES string of the molecule is Nc1nccc(-c2cc(-c3ccc(O)cc3)oc2-c2ccc(Cl)c(O)c2)n1. The summed E-state index contributed by atoms with van der Waals surface area (Å²) >= 11 is 5.92. The minimum absolute atomic E-state index is 0.0510. The topological polar surface area (TPSA) is 105 Å². The number of nitrogens with two attached hydrogens (primary N) is 1. The number of benzene rings is 2. The molecule has 4 rings (SSSR count). The molecule has 0 atom stereocenters. The molecule has 0 amide bonds. The molecule has 27 heavy (non-hydrogen) atoms. The lowest BCUT2D eigenvalue weighted by atomic mass is 10.0. The van der Waals surface area contributed by atoms with Gasteiger partial charge in [0.1, 0.15) is 23.0 Å². The van der Waals surface area contributed by atoms with Crippen molar-refractivity contribution >= 4 is 17.5 Å². The first-order chi connectivity index (χ1) is 13.0. The Hall–Kier alpha value is -3.51. The summed E-state index contributed by atoms with van der Waals surface area (Å²) in [4.78, 5) is 8.19. The van der Waals surface area contributed by atoms with Crippen LogP contribution in [0.25, 0.3) is 33.9 Å². The van der Waals surface area contributed by atoms with Crippen LogP contribution in [0.3, 0.4) is 0 Å². The Morgan fingerprint density at radius 1 is 0.926 bits per heavy atom. The largest absolute Gasteiger partial charge is 0.508 e. The zero-order chi connectivity index (χ0) is 19.0. The maximum Gasteiger partial charge on any atom is 0.220 e. The fourth-order valence-electron chi connectivity index (χ4n) is 2.74. The van der Waals surface area contributed by atoms with Crippen LogP contribution in [0.4, 0.5) is 5.95 Å². The summed E-state index contributed by atoms with van der Waals surface area (Å²) in [5.74, 6) is 1.33. The summed E-state index contributed by atoms with van der Waals surface area (Å²) in [7, 11) is 0. The Morgan fingerprint density at radius 2 is 1.67 bits per heavy atom. The maximum absolute atomic E-state index is 9.97. The average molecular weight is 380 g/mol. The summed E-state index contributed by atoms with van der Waals surface area (Å²) in [5, 5.41) is 19.7. The number of nitrogen functional groups attached to an aromatic ring is 1. The number of rotatable bonds is 3. The Morgan fingerprint density at radius 3 is 2.37 bits per heavy atom. The van der Waals surface area contributed by atoms with E-state index in [0.717, 1.165) is 5.56 Å². The van der Waals surface area contributed by atoms with Crippen LogP contribution in [0.1, 0.15) is 0 Å². The summed E-state index contributed by atoms with van der Waals surface area (Å²) in [5.41, 5.74) is 8.41. The number of aromatic hydroxyl groups is 2. The van der Waals surface area contributed by atoms with Gasteiger partial charge in [-0.3, -0.25) is 0 Å². The van der Waals surface area contributed by atoms with Gasteiger partial charge in [-0.1, -0.05) is 11.6 Å². The van der Waals surface area contributed by atoms with E-state index >= 15 is 0 Å². The van der Waals surface area contributed by atoms with Crippen LogP contribution in [0.5, 0.6) is 11.5 Å². The van der Waals surface area contributed by atoms with E-state index in [-0.39, 0.29) is 22.5 Å². The molecule has 2 aromatic heterocycles. The van der Waals surface area contributed by atoms with Gasteiger partial charge in [-0.2, -0.15) is 0 Å². The molecule has 0 radical (unpaired) electrons. The van der Waals surface area contributed by atoms with E-state index in [4.69, 9.17) is 21.8 Å². The van der Waals surface area contributed by atoms with E-state index in [1.807, 2.05) is 6.07 Å². The third-order valence-corrected chi connectivity index (χ3v) is 4.36. The van der Waals surface area contributed by atoms with E-state index in [0.29, 0.717) is 28.3 Å². The Balaban J connectivity index is 1.92. The summed E-state index contributed by atoms with van der Waals surface area (Å²) in [6.07, 6.45) is 1.56. The summed E-state index contributed by atoms with van der Waals surface area (Å²) < 4.78 is 6.08. The molecule has 0 aliphatic carbocycles. The van der Waals surface area contributed by atoms with Gasteiger partial charge in [0, 0.05) is 22.9 Å². The van der Waals surface area contributed by atoms with E-state index in [1.165, 1.54) is 6.07 Å². The molecule has 0 saturated carbocycles. The first-order valence-electron chi connectivity index (χ1n) is 8.02. The molecule has 0 spiro atoms. The zero-order valence-electron chi connectivity index (χ0n) is 13.9. The number of halogens is 1. The Kier molecular flexibility index (Phi) is 4.18. The second-order valence-electron chi connectivity index (χ2n) is 5.87. The van der Waals surface area contributed by atoms with Gasteiger partial charge in [0.05, 0.1) is 10.7 Å². The number of nitrogens with zero attached hydrogens (tertiary/aromatic N) is 2. The van der Waals surface area contributed by atoms with Gasteiger partial charge in [0.25, 0.3) is 0 Å². The van der Waals surface area contributed by atoms with Gasteiger partial charge < -0.3 is 20.4 Å². The van der Waals surface area contributed by atoms with Crippen LogP contribution in [0.15, 0.2) is 65.2 Å². The molecule has 0 fully saturated rings. The Labute approximate surface area is 159 Å². The Bertz CT molecular complexity index is 1120. The zero-order valence-corrected chi connectivity index (χ0v) is 14.7. The van der Waals surface area contributed by atoms with Gasteiger partial charge in [-0.05, 0) is 54.6 Å². The fourth-order valence-corrected chi connectivity index (χ4v) is 2.86. The number of phenolic OH excluding ortho intramolecular Hbond substituents is 2. The van der Waals surface area contributed by atoms with E-state index < -0.39 is 0 Å². The average Bonchev–Trinajstić information content (AvgIpc) is 3.10. The molecule has 7 heteroatoms. The van der Waals surface area contributed by atoms with Crippen molar-refractivity contribution in [3.8, 4) is 45.4 Å². The predicted octanol–water partition coefficient (Wildman–Crippen LogP) is 4.72. The number of furan rings is 1. The normalized spacial score (nSPS) is 10.9. The number of hydrogen-bond acceptors (Lipinski definition) is 6. The highest BCUT2D eigenvalue weighted by molar-refractivity contribution is 6.32.